The number of hydrogen-bond donors (Lipinski definition) is 0. The number of pyridine rings is 1. The highest BCUT2D eigenvalue weighted by Crippen LogP contribution is 2.31. The van der Waals surface area contributed by atoms with Gasteiger partial charge >= 0.3 is 0 Å². The Hall–Kier alpha value is -2.35. The van der Waals surface area contributed by atoms with Crippen molar-refractivity contribution in [2.24, 2.45) is 5.92 Å². The summed E-state index contributed by atoms with van der Waals surface area (Å²) in [5, 5.41) is 0. The van der Waals surface area contributed by atoms with Crippen LogP contribution < -0.4 is 0 Å². The molecule has 1 atom stereocenters. The van der Waals surface area contributed by atoms with E-state index in [1.165, 1.54) is 12.5 Å². The summed E-state index contributed by atoms with van der Waals surface area (Å²) in [7, 11) is -3.49. The van der Waals surface area contributed by atoms with Crippen LogP contribution in [-0.2, 0) is 14.6 Å². The summed E-state index contributed by atoms with van der Waals surface area (Å²) in [6.07, 6.45) is 6.29. The minimum Gasteiger partial charge on any atom is -0.342 e. The lowest BCUT2D eigenvalue weighted by Gasteiger charge is -2.33. The Bertz CT molecular complexity index is 945. The van der Waals surface area contributed by atoms with Crippen molar-refractivity contribution < 1.29 is 13.2 Å². The van der Waals surface area contributed by atoms with Gasteiger partial charge in [0.2, 0.25) is 5.91 Å². The summed E-state index contributed by atoms with van der Waals surface area (Å²) in [5.41, 5.74) is 1.08. The van der Waals surface area contributed by atoms with Crippen LogP contribution in [0.5, 0.6) is 0 Å². The summed E-state index contributed by atoms with van der Waals surface area (Å²) in [6.45, 7) is 5.22. The van der Waals surface area contributed by atoms with Gasteiger partial charge in [0.05, 0.1) is 5.69 Å². The number of carbonyl (C=O) groups excluding carboxylic acids is 1. The Morgan fingerprint density at radius 1 is 1.29 bits per heavy atom. The van der Waals surface area contributed by atoms with Crippen molar-refractivity contribution in [1.82, 2.24) is 19.9 Å². The number of rotatable bonds is 5. The van der Waals surface area contributed by atoms with Gasteiger partial charge in [0.15, 0.2) is 15.7 Å². The van der Waals surface area contributed by atoms with Gasteiger partial charge in [-0.05, 0) is 30.9 Å². The Morgan fingerprint density at radius 2 is 2.07 bits per heavy atom. The number of likely N-dealkylation sites (tertiary alicyclic amines) is 1. The van der Waals surface area contributed by atoms with E-state index in [1.807, 2.05) is 24.8 Å². The fourth-order valence-electron chi connectivity index (χ4n) is 3.49. The van der Waals surface area contributed by atoms with E-state index in [0.717, 1.165) is 12.8 Å². The molecule has 3 heterocycles. The molecule has 28 heavy (non-hydrogen) atoms. The van der Waals surface area contributed by atoms with Gasteiger partial charge < -0.3 is 4.90 Å². The molecular weight excluding hydrogens is 376 g/mol. The lowest BCUT2D eigenvalue weighted by Crippen LogP contribution is -2.40. The topological polar surface area (TPSA) is 93.1 Å². The molecule has 150 valence electrons. The first kappa shape index (κ1) is 20.4. The standard InChI is InChI=1S/C20H26N4O3S/c1-14(2)11-18(25)24-10-6-7-15(13-24)19-17(28(3,26)27)12-22-20(23-19)16-8-4-5-9-21-16/h4-5,8-9,12,14-15H,6-7,10-11,13H2,1-3H3. The molecule has 1 saturated heterocycles. The van der Waals surface area contributed by atoms with E-state index in [2.05, 4.69) is 15.0 Å². The molecule has 2 aromatic rings. The lowest BCUT2D eigenvalue weighted by atomic mass is 9.93. The summed E-state index contributed by atoms with van der Waals surface area (Å²) in [5.74, 6) is 0.655. The highest BCUT2D eigenvalue weighted by atomic mass is 32.2. The number of aromatic nitrogens is 3. The third-order valence-electron chi connectivity index (χ3n) is 4.82. The van der Waals surface area contributed by atoms with Crippen molar-refractivity contribution in [1.29, 1.82) is 0 Å². The third kappa shape index (κ3) is 4.73. The SMILES string of the molecule is CC(C)CC(=O)N1CCCC(c2nc(-c3ccccn3)ncc2S(C)(=O)=O)C1. The molecule has 1 amide bonds. The van der Waals surface area contributed by atoms with Gasteiger partial charge in [-0.3, -0.25) is 9.78 Å². The normalized spacial score (nSPS) is 17.7. The maximum Gasteiger partial charge on any atom is 0.222 e. The van der Waals surface area contributed by atoms with Crippen molar-refractivity contribution in [2.45, 2.75) is 43.9 Å². The molecule has 0 bridgehead atoms. The van der Waals surface area contributed by atoms with E-state index < -0.39 is 9.84 Å². The first-order chi connectivity index (χ1) is 13.3. The molecule has 0 radical (unpaired) electrons. The van der Waals surface area contributed by atoms with E-state index in [9.17, 15) is 13.2 Å². The number of sulfone groups is 1. The summed E-state index contributed by atoms with van der Waals surface area (Å²) in [6, 6.07) is 5.43. The van der Waals surface area contributed by atoms with Crippen molar-refractivity contribution in [3.8, 4) is 11.5 Å². The van der Waals surface area contributed by atoms with Gasteiger partial charge in [-0.15, -0.1) is 0 Å². The molecule has 8 heteroatoms. The molecule has 1 aliphatic rings. The number of nitrogens with zero attached hydrogens (tertiary/aromatic N) is 4. The van der Waals surface area contributed by atoms with Crippen molar-refractivity contribution in [3.63, 3.8) is 0 Å². The second kappa shape index (κ2) is 8.34. The monoisotopic (exact) mass is 402 g/mol. The summed E-state index contributed by atoms with van der Waals surface area (Å²) >= 11 is 0. The highest BCUT2D eigenvalue weighted by Gasteiger charge is 2.30. The van der Waals surface area contributed by atoms with Gasteiger partial charge in [-0.1, -0.05) is 19.9 Å². The number of hydrogen-bond acceptors (Lipinski definition) is 6. The van der Waals surface area contributed by atoms with Crippen LogP contribution in [0.15, 0.2) is 35.5 Å². The zero-order chi connectivity index (χ0) is 20.3. The van der Waals surface area contributed by atoms with Gasteiger partial charge in [0.1, 0.15) is 10.6 Å². The first-order valence-electron chi connectivity index (χ1n) is 9.52. The Labute approximate surface area is 166 Å². The average molecular weight is 403 g/mol. The summed E-state index contributed by atoms with van der Waals surface area (Å²) in [4.78, 5) is 27.6. The van der Waals surface area contributed by atoms with E-state index in [0.29, 0.717) is 36.7 Å². The predicted octanol–water partition coefficient (Wildman–Crippen LogP) is 2.69. The van der Waals surface area contributed by atoms with Crippen LogP contribution in [0.3, 0.4) is 0 Å². The average Bonchev–Trinajstić information content (AvgIpc) is 2.67. The molecule has 0 spiro atoms. The van der Waals surface area contributed by atoms with E-state index in [4.69, 9.17) is 0 Å². The molecule has 0 aliphatic carbocycles. The van der Waals surface area contributed by atoms with Crippen molar-refractivity contribution in [2.75, 3.05) is 19.3 Å². The molecule has 0 aromatic carbocycles. The van der Waals surface area contributed by atoms with Crippen LogP contribution in [0.25, 0.3) is 11.5 Å². The second-order valence-corrected chi connectivity index (χ2v) is 9.69. The fourth-order valence-corrected chi connectivity index (χ4v) is 4.32. The maximum atomic E-state index is 12.5. The second-order valence-electron chi connectivity index (χ2n) is 7.71. The third-order valence-corrected chi connectivity index (χ3v) is 5.93. The van der Waals surface area contributed by atoms with E-state index in [1.54, 1.807) is 18.3 Å². The molecule has 1 unspecified atom stereocenters. The van der Waals surface area contributed by atoms with Gasteiger partial charge in [0, 0.05) is 44.1 Å². The van der Waals surface area contributed by atoms with Crippen LogP contribution in [0.4, 0.5) is 0 Å². The molecule has 2 aromatic heterocycles. The Kier molecular flexibility index (Phi) is 6.07. The van der Waals surface area contributed by atoms with Crippen LogP contribution in [0, 0.1) is 5.92 Å². The smallest absolute Gasteiger partial charge is 0.222 e. The van der Waals surface area contributed by atoms with Crippen molar-refractivity contribution in [3.05, 3.63) is 36.3 Å². The Balaban J connectivity index is 1.97. The minimum atomic E-state index is -3.49. The molecule has 3 rings (SSSR count). The number of amides is 1. The molecule has 1 fully saturated rings. The van der Waals surface area contributed by atoms with Crippen molar-refractivity contribution >= 4 is 15.7 Å². The van der Waals surface area contributed by atoms with Crippen LogP contribution in [0.1, 0.15) is 44.7 Å². The zero-order valence-corrected chi connectivity index (χ0v) is 17.3. The van der Waals surface area contributed by atoms with Crippen LogP contribution in [-0.4, -0.2) is 53.5 Å². The molecular formula is C20H26N4O3S. The minimum absolute atomic E-state index is 0.111. The molecule has 0 saturated carbocycles. The van der Waals surface area contributed by atoms with Crippen LogP contribution in [0.2, 0.25) is 0 Å². The Morgan fingerprint density at radius 3 is 2.71 bits per heavy atom. The molecule has 0 N–H and O–H groups in total. The maximum absolute atomic E-state index is 12.5. The largest absolute Gasteiger partial charge is 0.342 e. The fraction of sp³-hybridized carbons (Fsp3) is 0.500. The predicted molar refractivity (Wildman–Crippen MR) is 106 cm³/mol. The van der Waals surface area contributed by atoms with Crippen LogP contribution >= 0.6 is 0 Å². The van der Waals surface area contributed by atoms with E-state index >= 15 is 0 Å². The van der Waals surface area contributed by atoms with Gasteiger partial charge in [-0.2, -0.15) is 0 Å². The van der Waals surface area contributed by atoms with Gasteiger partial charge in [0.25, 0.3) is 0 Å². The lowest BCUT2D eigenvalue weighted by molar-refractivity contribution is -0.133. The molecule has 1 aliphatic heterocycles. The zero-order valence-electron chi connectivity index (χ0n) is 16.5. The molecule has 7 nitrogen and oxygen atoms in total. The quantitative estimate of drug-likeness (QED) is 0.763. The number of piperidine rings is 1. The first-order valence-corrected chi connectivity index (χ1v) is 11.4. The highest BCUT2D eigenvalue weighted by molar-refractivity contribution is 7.90. The van der Waals surface area contributed by atoms with E-state index in [-0.39, 0.29) is 22.6 Å². The summed E-state index contributed by atoms with van der Waals surface area (Å²) < 4.78 is 24.7. The number of carbonyl (C=O) groups is 1. The van der Waals surface area contributed by atoms with Gasteiger partial charge in [-0.25, -0.2) is 18.4 Å².